The van der Waals surface area contributed by atoms with Gasteiger partial charge in [0.2, 0.25) is 0 Å². The molecule has 0 amide bonds. The number of para-hydroxylation sites is 2. The normalized spacial score (nSPS) is 11.4. The van der Waals surface area contributed by atoms with Crippen molar-refractivity contribution in [2.24, 2.45) is 0 Å². The summed E-state index contributed by atoms with van der Waals surface area (Å²) in [5.41, 5.74) is 9.08. The molecule has 4 nitrogen and oxygen atoms in total. The number of nitrogens with one attached hydrogen (secondary N) is 2. The van der Waals surface area contributed by atoms with Crippen LogP contribution < -0.4 is 5.73 Å². The van der Waals surface area contributed by atoms with Gasteiger partial charge in [0, 0.05) is 11.3 Å². The first-order chi connectivity index (χ1) is 13.5. The number of imidazole rings is 1. The highest BCUT2D eigenvalue weighted by molar-refractivity contribution is 6.12. The average Bonchev–Trinajstić information content (AvgIpc) is 3.11. The summed E-state index contributed by atoms with van der Waals surface area (Å²) in [5, 5.41) is 8.31. The van der Waals surface area contributed by atoms with Crippen LogP contribution in [0.1, 0.15) is 11.1 Å². The molecule has 0 aliphatic rings. The fraction of sp³-hybridized carbons (Fsp3) is 0. The second-order valence-corrected chi connectivity index (χ2v) is 6.32. The van der Waals surface area contributed by atoms with Gasteiger partial charge in [-0.15, -0.1) is 0 Å². The zero-order chi connectivity index (χ0) is 19.7. The number of hydrogen-bond acceptors (Lipinski definition) is 3. The minimum atomic E-state index is -0.518. The van der Waals surface area contributed by atoms with Gasteiger partial charge in [-0.1, -0.05) is 30.3 Å². The quantitative estimate of drug-likeness (QED) is 0.340. The number of nitrogens with zero attached hydrogens (tertiary/aromatic N) is 1. The molecule has 0 unspecified atom stereocenters. The maximum Gasteiger partial charge on any atom is 0.141 e. The topological polar surface area (TPSA) is 78.5 Å². The van der Waals surface area contributed by atoms with Crippen molar-refractivity contribution in [2.45, 2.75) is 0 Å². The monoisotopic (exact) mass is 374 g/mol. The highest BCUT2D eigenvalue weighted by Gasteiger charge is 2.15. The lowest BCUT2D eigenvalue weighted by molar-refractivity contribution is 0.627. The van der Waals surface area contributed by atoms with Gasteiger partial charge in [0.15, 0.2) is 0 Å². The third kappa shape index (κ3) is 3.40. The molecule has 4 N–H and O–H groups in total. The van der Waals surface area contributed by atoms with Gasteiger partial charge in [-0.3, -0.25) is 0 Å². The largest absolute Gasteiger partial charge is 0.398 e. The van der Waals surface area contributed by atoms with Crippen molar-refractivity contribution in [3.05, 3.63) is 89.5 Å². The lowest BCUT2D eigenvalue weighted by Gasteiger charge is -2.08. The summed E-state index contributed by atoms with van der Waals surface area (Å²) in [6.07, 6.45) is 3.21. The number of H-pyrrole nitrogens is 1. The molecule has 6 heteroatoms. The van der Waals surface area contributed by atoms with Crippen LogP contribution in [-0.4, -0.2) is 15.7 Å². The van der Waals surface area contributed by atoms with Crippen molar-refractivity contribution < 1.29 is 8.78 Å². The number of aromatic nitrogens is 2. The molecule has 0 saturated carbocycles. The Morgan fingerprint density at radius 1 is 1.04 bits per heavy atom. The number of anilines is 1. The summed E-state index contributed by atoms with van der Waals surface area (Å²) < 4.78 is 27.5. The Kier molecular flexibility index (Phi) is 4.45. The maximum atomic E-state index is 14.5. The summed E-state index contributed by atoms with van der Waals surface area (Å²) in [6, 6.07) is 16.0. The van der Waals surface area contributed by atoms with Gasteiger partial charge in [-0.25, -0.2) is 13.8 Å². The van der Waals surface area contributed by atoms with E-state index < -0.39 is 5.82 Å². The van der Waals surface area contributed by atoms with Gasteiger partial charge in [0.1, 0.15) is 17.5 Å². The highest BCUT2D eigenvalue weighted by Crippen LogP contribution is 2.28. The summed E-state index contributed by atoms with van der Waals surface area (Å²) >= 11 is 0. The van der Waals surface area contributed by atoms with Crippen LogP contribution in [0.3, 0.4) is 0 Å². The summed E-state index contributed by atoms with van der Waals surface area (Å²) in [7, 11) is 0. The molecule has 0 bridgehead atoms. The summed E-state index contributed by atoms with van der Waals surface area (Å²) in [5.74, 6) is -0.476. The second-order valence-electron chi connectivity index (χ2n) is 6.32. The van der Waals surface area contributed by atoms with E-state index in [1.54, 1.807) is 24.3 Å². The standard InChI is InChI=1S/C22H16F2N4/c23-14-8-5-13(6-9-14)7-10-18(25)16-11-15(17(24)12-19(16)26)22-27-20-3-1-2-4-21(20)28-22/h1-12,25H,26H2,(H,27,28)/b10-7+,25-18?. The molecule has 0 aliphatic heterocycles. The number of halogens is 2. The molecule has 0 spiro atoms. The molecular formula is C22H16F2N4. The molecule has 1 aromatic heterocycles. The Labute approximate surface area is 159 Å². The predicted molar refractivity (Wildman–Crippen MR) is 108 cm³/mol. The molecule has 0 fully saturated rings. The third-order valence-corrected chi connectivity index (χ3v) is 4.39. The molecule has 0 radical (unpaired) electrons. The van der Waals surface area contributed by atoms with E-state index in [0.29, 0.717) is 11.4 Å². The maximum absolute atomic E-state index is 14.5. The van der Waals surface area contributed by atoms with Crippen molar-refractivity contribution in [3.63, 3.8) is 0 Å². The van der Waals surface area contributed by atoms with Crippen molar-refractivity contribution in [1.29, 1.82) is 5.41 Å². The summed E-state index contributed by atoms with van der Waals surface area (Å²) in [6.45, 7) is 0. The molecule has 4 aromatic rings. The molecule has 0 aliphatic carbocycles. The second kappa shape index (κ2) is 7.08. The SMILES string of the molecule is N=C(/C=C/c1ccc(F)cc1)c1cc(-c2nc3ccccc3[nH]2)c(F)cc1N. The van der Waals surface area contributed by atoms with Crippen LogP contribution in [0.15, 0.2) is 66.7 Å². The van der Waals surface area contributed by atoms with E-state index in [0.717, 1.165) is 16.6 Å². The van der Waals surface area contributed by atoms with E-state index in [1.807, 2.05) is 24.3 Å². The van der Waals surface area contributed by atoms with Crippen LogP contribution in [0.4, 0.5) is 14.5 Å². The predicted octanol–water partition coefficient (Wildman–Crippen LogP) is 5.17. The third-order valence-electron chi connectivity index (χ3n) is 4.39. The van der Waals surface area contributed by atoms with Crippen molar-refractivity contribution in [1.82, 2.24) is 9.97 Å². The number of nitrogens with two attached hydrogens (primary N) is 1. The van der Waals surface area contributed by atoms with Gasteiger partial charge >= 0.3 is 0 Å². The first kappa shape index (κ1) is 17.6. The number of allylic oxidation sites excluding steroid dienone is 1. The Morgan fingerprint density at radius 3 is 2.54 bits per heavy atom. The first-order valence-corrected chi connectivity index (χ1v) is 8.58. The van der Waals surface area contributed by atoms with E-state index >= 15 is 0 Å². The Hall–Kier alpha value is -3.80. The molecular weight excluding hydrogens is 358 g/mol. The fourth-order valence-electron chi connectivity index (χ4n) is 2.93. The lowest BCUT2D eigenvalue weighted by atomic mass is 10.0. The minimum absolute atomic E-state index is 0.110. The smallest absolute Gasteiger partial charge is 0.141 e. The average molecular weight is 374 g/mol. The number of hydrogen-bond donors (Lipinski definition) is 3. The Balaban J connectivity index is 1.70. The number of nitrogen functional groups attached to an aromatic ring is 1. The number of rotatable bonds is 4. The van der Waals surface area contributed by atoms with Gasteiger partial charge in [-0.05, 0) is 48.0 Å². The first-order valence-electron chi connectivity index (χ1n) is 8.58. The number of fused-ring (bicyclic) bond motifs is 1. The van der Waals surface area contributed by atoms with Crippen molar-refractivity contribution in [3.8, 4) is 11.4 Å². The van der Waals surface area contributed by atoms with Crippen LogP contribution >= 0.6 is 0 Å². The lowest BCUT2D eigenvalue weighted by Crippen LogP contribution is -2.03. The van der Waals surface area contributed by atoms with Crippen LogP contribution in [0, 0.1) is 17.0 Å². The number of benzene rings is 3. The zero-order valence-electron chi connectivity index (χ0n) is 14.7. The van der Waals surface area contributed by atoms with Crippen LogP contribution in [0.25, 0.3) is 28.5 Å². The van der Waals surface area contributed by atoms with Crippen LogP contribution in [0.2, 0.25) is 0 Å². The highest BCUT2D eigenvalue weighted by atomic mass is 19.1. The van der Waals surface area contributed by atoms with Crippen LogP contribution in [0.5, 0.6) is 0 Å². The molecule has 0 atom stereocenters. The van der Waals surface area contributed by atoms with Crippen molar-refractivity contribution in [2.75, 3.05) is 5.73 Å². The Morgan fingerprint density at radius 2 is 1.79 bits per heavy atom. The van der Waals surface area contributed by atoms with E-state index in [-0.39, 0.29) is 22.8 Å². The van der Waals surface area contributed by atoms with E-state index in [4.69, 9.17) is 11.1 Å². The molecule has 1 heterocycles. The molecule has 138 valence electrons. The molecule has 4 rings (SSSR count). The zero-order valence-corrected chi connectivity index (χ0v) is 14.7. The minimum Gasteiger partial charge on any atom is -0.398 e. The molecule has 28 heavy (non-hydrogen) atoms. The number of aromatic amines is 1. The van der Waals surface area contributed by atoms with Crippen LogP contribution in [-0.2, 0) is 0 Å². The van der Waals surface area contributed by atoms with E-state index in [2.05, 4.69) is 9.97 Å². The summed E-state index contributed by atoms with van der Waals surface area (Å²) in [4.78, 5) is 7.50. The molecule has 3 aromatic carbocycles. The van der Waals surface area contributed by atoms with E-state index in [9.17, 15) is 8.78 Å². The Bertz CT molecular complexity index is 1170. The van der Waals surface area contributed by atoms with Gasteiger partial charge in [-0.2, -0.15) is 0 Å². The van der Waals surface area contributed by atoms with Gasteiger partial charge in [0.05, 0.1) is 22.3 Å². The van der Waals surface area contributed by atoms with Gasteiger partial charge < -0.3 is 16.1 Å². The van der Waals surface area contributed by atoms with Crippen molar-refractivity contribution >= 4 is 28.5 Å². The molecule has 0 saturated heterocycles. The fourth-order valence-corrected chi connectivity index (χ4v) is 2.93. The van der Waals surface area contributed by atoms with Gasteiger partial charge in [0.25, 0.3) is 0 Å². The van der Waals surface area contributed by atoms with E-state index in [1.165, 1.54) is 24.3 Å².